The van der Waals surface area contributed by atoms with Crippen LogP contribution >= 0.6 is 0 Å². The minimum absolute atomic E-state index is 0.325. The van der Waals surface area contributed by atoms with E-state index in [2.05, 4.69) is 66.9 Å². The second-order valence-electron chi connectivity index (χ2n) is 7.33. The second-order valence-corrected chi connectivity index (χ2v) is 7.33. The van der Waals surface area contributed by atoms with Crippen molar-refractivity contribution in [3.05, 3.63) is 71.5 Å². The molecule has 25 heavy (non-hydrogen) atoms. The van der Waals surface area contributed by atoms with Crippen molar-refractivity contribution in [2.75, 3.05) is 5.73 Å². The molecular formula is C22H25N3. The number of rotatable bonds is 5. The number of aromatic nitrogens is 2. The maximum atomic E-state index is 6.56. The number of hydrogen-bond acceptors (Lipinski definition) is 2. The first-order chi connectivity index (χ1) is 12.1. The van der Waals surface area contributed by atoms with E-state index in [1.165, 1.54) is 24.0 Å². The molecule has 128 valence electrons. The monoisotopic (exact) mass is 331 g/mol. The van der Waals surface area contributed by atoms with Gasteiger partial charge in [0.05, 0.1) is 6.54 Å². The molecule has 2 N–H and O–H groups in total. The van der Waals surface area contributed by atoms with E-state index in [4.69, 9.17) is 10.7 Å². The summed E-state index contributed by atoms with van der Waals surface area (Å²) in [6, 6.07) is 19.2. The number of imidazole rings is 1. The average molecular weight is 331 g/mol. The molecule has 0 atom stereocenters. The highest BCUT2D eigenvalue weighted by Crippen LogP contribution is 2.41. The zero-order valence-electron chi connectivity index (χ0n) is 14.9. The first-order valence-corrected chi connectivity index (χ1v) is 9.13. The molecule has 1 aromatic heterocycles. The molecule has 4 rings (SSSR count). The van der Waals surface area contributed by atoms with Gasteiger partial charge < -0.3 is 10.3 Å². The SMILES string of the molecule is CC(C)c1nc(-c2cccc(C3CC3)c2)c(N)n1Cc1ccccc1. The summed E-state index contributed by atoms with van der Waals surface area (Å²) in [6.07, 6.45) is 2.61. The van der Waals surface area contributed by atoms with Crippen molar-refractivity contribution in [2.45, 2.75) is 45.1 Å². The van der Waals surface area contributed by atoms with Crippen molar-refractivity contribution in [2.24, 2.45) is 0 Å². The summed E-state index contributed by atoms with van der Waals surface area (Å²) in [7, 11) is 0. The summed E-state index contributed by atoms with van der Waals surface area (Å²) in [5, 5.41) is 0. The van der Waals surface area contributed by atoms with Crippen molar-refractivity contribution in [1.82, 2.24) is 9.55 Å². The first-order valence-electron chi connectivity index (χ1n) is 9.13. The predicted molar refractivity (Wildman–Crippen MR) is 104 cm³/mol. The highest BCUT2D eigenvalue weighted by molar-refractivity contribution is 5.72. The minimum atomic E-state index is 0.325. The smallest absolute Gasteiger partial charge is 0.132 e. The van der Waals surface area contributed by atoms with E-state index >= 15 is 0 Å². The van der Waals surface area contributed by atoms with E-state index in [1.54, 1.807) is 0 Å². The van der Waals surface area contributed by atoms with Crippen molar-refractivity contribution >= 4 is 5.82 Å². The molecule has 3 aromatic rings. The third-order valence-corrected chi connectivity index (χ3v) is 4.95. The van der Waals surface area contributed by atoms with Crippen molar-refractivity contribution in [1.29, 1.82) is 0 Å². The van der Waals surface area contributed by atoms with E-state index in [0.717, 1.165) is 35.4 Å². The molecule has 2 aromatic carbocycles. The van der Waals surface area contributed by atoms with Gasteiger partial charge in [-0.2, -0.15) is 0 Å². The fourth-order valence-corrected chi connectivity index (χ4v) is 3.43. The average Bonchev–Trinajstić information content (AvgIpc) is 3.42. The zero-order chi connectivity index (χ0) is 17.4. The molecule has 1 aliphatic carbocycles. The fourth-order valence-electron chi connectivity index (χ4n) is 3.43. The highest BCUT2D eigenvalue weighted by Gasteiger charge is 2.24. The summed E-state index contributed by atoms with van der Waals surface area (Å²) < 4.78 is 2.17. The molecule has 0 aliphatic heterocycles. The summed E-state index contributed by atoms with van der Waals surface area (Å²) in [4.78, 5) is 4.93. The number of benzene rings is 2. The lowest BCUT2D eigenvalue weighted by Gasteiger charge is -2.12. The quantitative estimate of drug-likeness (QED) is 0.700. The molecule has 1 aliphatic rings. The van der Waals surface area contributed by atoms with Gasteiger partial charge in [-0.25, -0.2) is 4.98 Å². The second kappa shape index (κ2) is 6.40. The van der Waals surface area contributed by atoms with Crippen LogP contribution in [0.15, 0.2) is 54.6 Å². The van der Waals surface area contributed by atoms with E-state index in [0.29, 0.717) is 5.92 Å². The summed E-state index contributed by atoms with van der Waals surface area (Å²) in [5.74, 6) is 2.87. The summed E-state index contributed by atoms with van der Waals surface area (Å²) in [5.41, 5.74) is 11.3. The van der Waals surface area contributed by atoms with Gasteiger partial charge in [0.1, 0.15) is 17.3 Å². The Balaban J connectivity index is 1.76. The van der Waals surface area contributed by atoms with Crippen LogP contribution in [-0.2, 0) is 6.54 Å². The Labute approximate surface area is 149 Å². The minimum Gasteiger partial charge on any atom is -0.383 e. The van der Waals surface area contributed by atoms with Gasteiger partial charge in [-0.15, -0.1) is 0 Å². The Bertz CT molecular complexity index is 874. The molecule has 1 fully saturated rings. The molecule has 3 nitrogen and oxygen atoms in total. The molecule has 0 radical (unpaired) electrons. The third-order valence-electron chi connectivity index (χ3n) is 4.95. The normalized spacial score (nSPS) is 14.2. The molecule has 0 spiro atoms. The van der Waals surface area contributed by atoms with Gasteiger partial charge >= 0.3 is 0 Å². The van der Waals surface area contributed by atoms with Crippen molar-refractivity contribution in [3.63, 3.8) is 0 Å². The van der Waals surface area contributed by atoms with E-state index in [1.807, 2.05) is 6.07 Å². The molecule has 0 amide bonds. The van der Waals surface area contributed by atoms with Crippen LogP contribution in [0.1, 0.15) is 55.5 Å². The van der Waals surface area contributed by atoms with Crippen LogP contribution in [0.25, 0.3) is 11.3 Å². The lowest BCUT2D eigenvalue weighted by atomic mass is 10.1. The van der Waals surface area contributed by atoms with Crippen LogP contribution in [0.5, 0.6) is 0 Å². The van der Waals surface area contributed by atoms with Crippen molar-refractivity contribution in [3.8, 4) is 11.3 Å². The van der Waals surface area contributed by atoms with Gasteiger partial charge in [0, 0.05) is 11.5 Å². The Morgan fingerprint density at radius 1 is 1.08 bits per heavy atom. The maximum absolute atomic E-state index is 6.56. The van der Waals surface area contributed by atoms with E-state index in [-0.39, 0.29) is 0 Å². The van der Waals surface area contributed by atoms with Gasteiger partial charge in [-0.1, -0.05) is 62.4 Å². The van der Waals surface area contributed by atoms with Crippen LogP contribution in [0.4, 0.5) is 5.82 Å². The third kappa shape index (κ3) is 3.19. The van der Waals surface area contributed by atoms with Gasteiger partial charge in [-0.3, -0.25) is 0 Å². The first kappa shape index (κ1) is 15.9. The number of anilines is 1. The molecule has 0 bridgehead atoms. The lowest BCUT2D eigenvalue weighted by Crippen LogP contribution is -2.09. The van der Waals surface area contributed by atoms with Crippen LogP contribution < -0.4 is 5.73 Å². The zero-order valence-corrected chi connectivity index (χ0v) is 14.9. The number of nitrogens with zero attached hydrogens (tertiary/aromatic N) is 2. The van der Waals surface area contributed by atoms with Gasteiger partial charge in [0.25, 0.3) is 0 Å². The van der Waals surface area contributed by atoms with Gasteiger partial charge in [-0.05, 0) is 36.0 Å². The number of nitrogen functional groups attached to an aromatic ring is 1. The molecule has 1 saturated carbocycles. The van der Waals surface area contributed by atoms with Crippen LogP contribution in [-0.4, -0.2) is 9.55 Å². The standard InChI is InChI=1S/C22H25N3/c1-15(2)22-24-20(19-10-6-9-18(13-19)17-11-12-17)21(23)25(22)14-16-7-4-3-5-8-16/h3-10,13,15,17H,11-12,14,23H2,1-2H3. The Morgan fingerprint density at radius 2 is 1.84 bits per heavy atom. The van der Waals surface area contributed by atoms with Gasteiger partial charge in [0.15, 0.2) is 0 Å². The Hall–Kier alpha value is -2.55. The van der Waals surface area contributed by atoms with E-state index < -0.39 is 0 Å². The predicted octanol–water partition coefficient (Wildman–Crippen LogP) is 5.18. The van der Waals surface area contributed by atoms with Crippen molar-refractivity contribution < 1.29 is 0 Å². The molecular weight excluding hydrogens is 306 g/mol. The van der Waals surface area contributed by atoms with E-state index in [9.17, 15) is 0 Å². The van der Waals surface area contributed by atoms with Crippen LogP contribution in [0.2, 0.25) is 0 Å². The summed E-state index contributed by atoms with van der Waals surface area (Å²) in [6.45, 7) is 5.11. The molecule has 0 saturated heterocycles. The van der Waals surface area contributed by atoms with Crippen LogP contribution in [0.3, 0.4) is 0 Å². The topological polar surface area (TPSA) is 43.8 Å². The largest absolute Gasteiger partial charge is 0.383 e. The van der Waals surface area contributed by atoms with Gasteiger partial charge in [0.2, 0.25) is 0 Å². The highest BCUT2D eigenvalue weighted by atomic mass is 15.1. The maximum Gasteiger partial charge on any atom is 0.132 e. The molecule has 3 heteroatoms. The number of hydrogen-bond donors (Lipinski definition) is 1. The molecule has 1 heterocycles. The number of nitrogens with two attached hydrogens (primary N) is 1. The molecule has 0 unspecified atom stereocenters. The van der Waals surface area contributed by atoms with Crippen LogP contribution in [0, 0.1) is 0 Å². The lowest BCUT2D eigenvalue weighted by molar-refractivity contribution is 0.675. The summed E-state index contributed by atoms with van der Waals surface area (Å²) >= 11 is 0. The Kier molecular flexibility index (Phi) is 4.08. The Morgan fingerprint density at radius 3 is 2.52 bits per heavy atom. The fraction of sp³-hybridized carbons (Fsp3) is 0.318.